The zero-order valence-electron chi connectivity index (χ0n) is 21.7. The highest BCUT2D eigenvalue weighted by Crippen LogP contribution is 2.47. The molecule has 1 aromatic carbocycles. The number of rotatable bonds is 11. The van der Waals surface area contributed by atoms with Gasteiger partial charge < -0.3 is 19.0 Å². The summed E-state index contributed by atoms with van der Waals surface area (Å²) in [5, 5.41) is 10.2. The Hall–Kier alpha value is -1.64. The van der Waals surface area contributed by atoms with E-state index in [1.54, 1.807) is 7.11 Å². The number of ether oxygens (including phenoxy) is 2. The van der Waals surface area contributed by atoms with E-state index in [-0.39, 0.29) is 23.7 Å². The van der Waals surface area contributed by atoms with Gasteiger partial charge in [-0.1, -0.05) is 48.4 Å². The maximum Gasteiger partial charge on any atom is 0.341 e. The molecule has 6 nitrogen and oxygen atoms in total. The molecule has 1 aliphatic rings. The number of carbonyl (C=O) groups is 2. The van der Waals surface area contributed by atoms with Crippen LogP contribution < -0.4 is 4.74 Å². The molecule has 0 spiro atoms. The third kappa shape index (κ3) is 6.52. The van der Waals surface area contributed by atoms with Gasteiger partial charge in [0.05, 0.1) is 19.1 Å². The number of esters is 1. The molecule has 34 heavy (non-hydrogen) atoms. The second-order valence-corrected chi connectivity index (χ2v) is 13.4. The van der Waals surface area contributed by atoms with Crippen LogP contribution in [0.1, 0.15) is 85.9 Å². The minimum atomic E-state index is -1.46. The van der Waals surface area contributed by atoms with E-state index in [2.05, 4.69) is 42.8 Å². The fourth-order valence-corrected chi connectivity index (χ4v) is 5.76. The van der Waals surface area contributed by atoms with Crippen molar-refractivity contribution in [2.45, 2.75) is 85.1 Å². The third-order valence-corrected chi connectivity index (χ3v) is 7.58. The summed E-state index contributed by atoms with van der Waals surface area (Å²) in [6.07, 6.45) is 3.75. The van der Waals surface area contributed by atoms with E-state index in [0.717, 1.165) is 51.7 Å². The molecule has 0 saturated carbocycles. The van der Waals surface area contributed by atoms with E-state index in [4.69, 9.17) is 13.9 Å². The van der Waals surface area contributed by atoms with Gasteiger partial charge in [-0.25, -0.2) is 4.79 Å². The molecule has 0 saturated heterocycles. The number of carbonyl (C=O) groups excluding carboxylic acids is 1. The van der Waals surface area contributed by atoms with Crippen molar-refractivity contribution >= 4 is 36.9 Å². The Bertz CT molecular complexity index is 948. The smallest absolute Gasteiger partial charge is 0.341 e. The summed E-state index contributed by atoms with van der Waals surface area (Å²) < 4.78 is 17.7. The monoisotopic (exact) mass is 554 g/mol. The SMILES string of the molecule is COc1c(C)c2c(c(C(C)(C)C)c1CC=C(C)C(CCCBr)CC(=O)O)C(=O)OC2O[SiH](C)C. The summed E-state index contributed by atoms with van der Waals surface area (Å²) in [6, 6.07) is 0. The van der Waals surface area contributed by atoms with Crippen molar-refractivity contribution in [2.24, 2.45) is 5.92 Å². The molecule has 0 radical (unpaired) electrons. The van der Waals surface area contributed by atoms with Crippen LogP contribution in [0, 0.1) is 12.8 Å². The largest absolute Gasteiger partial charge is 0.496 e. The number of carboxylic acid groups (broad SMARTS) is 1. The Balaban J connectivity index is 2.66. The number of hydrogen-bond donors (Lipinski definition) is 1. The lowest BCUT2D eigenvalue weighted by Gasteiger charge is -2.28. The van der Waals surface area contributed by atoms with Crippen LogP contribution in [0.5, 0.6) is 5.75 Å². The zero-order chi connectivity index (χ0) is 25.8. The molecule has 1 heterocycles. The lowest BCUT2D eigenvalue weighted by molar-refractivity contribution is -0.137. The van der Waals surface area contributed by atoms with Crippen molar-refractivity contribution in [3.63, 3.8) is 0 Å². The van der Waals surface area contributed by atoms with Gasteiger partial charge in [0.15, 0.2) is 9.04 Å². The van der Waals surface area contributed by atoms with Crippen LogP contribution in [0.15, 0.2) is 11.6 Å². The van der Waals surface area contributed by atoms with Crippen molar-refractivity contribution in [1.29, 1.82) is 0 Å². The summed E-state index contributed by atoms with van der Waals surface area (Å²) >= 11 is 3.45. The highest BCUT2D eigenvalue weighted by atomic mass is 79.9. The van der Waals surface area contributed by atoms with Gasteiger partial charge in [-0.15, -0.1) is 0 Å². The molecule has 2 atom stereocenters. The first-order valence-electron chi connectivity index (χ1n) is 11.9. The summed E-state index contributed by atoms with van der Waals surface area (Å²) in [5.74, 6) is -0.446. The van der Waals surface area contributed by atoms with Crippen LogP contribution in [0.4, 0.5) is 0 Å². The first kappa shape index (κ1) is 28.6. The number of carboxylic acids is 1. The van der Waals surface area contributed by atoms with Crippen LogP contribution in [0.25, 0.3) is 0 Å². The standard InChI is InChI=1S/C26H39BrO6Si/c1-15(17(10-9-13-27)14-19(28)29)11-12-18-22(26(3,4)5)21-20(16(2)23(18)31-6)25(32-24(21)30)33-34(7)8/h11,17,25,34H,9-10,12-14H2,1-8H3,(H,28,29). The van der Waals surface area contributed by atoms with Gasteiger partial charge in [0.2, 0.25) is 6.29 Å². The van der Waals surface area contributed by atoms with Crippen molar-refractivity contribution in [3.8, 4) is 5.75 Å². The number of benzene rings is 1. The first-order chi connectivity index (χ1) is 15.8. The minimum absolute atomic E-state index is 0.0339. The lowest BCUT2D eigenvalue weighted by atomic mass is 9.76. The zero-order valence-corrected chi connectivity index (χ0v) is 24.5. The van der Waals surface area contributed by atoms with Gasteiger partial charge in [-0.05, 0) is 63.1 Å². The number of halogens is 1. The Kier molecular flexibility index (Phi) is 9.98. The topological polar surface area (TPSA) is 82.1 Å². The molecule has 1 aliphatic heterocycles. The average Bonchev–Trinajstić information content (AvgIpc) is 3.03. The molecule has 0 bridgehead atoms. The molecular formula is C26H39BrO6Si. The molecule has 0 amide bonds. The molecule has 2 rings (SSSR count). The van der Waals surface area contributed by atoms with Gasteiger partial charge >= 0.3 is 11.9 Å². The minimum Gasteiger partial charge on any atom is -0.496 e. The van der Waals surface area contributed by atoms with Gasteiger partial charge in [-0.3, -0.25) is 4.79 Å². The van der Waals surface area contributed by atoms with E-state index in [1.165, 1.54) is 0 Å². The molecule has 1 N–H and O–H groups in total. The van der Waals surface area contributed by atoms with Gasteiger partial charge in [-0.2, -0.15) is 0 Å². The number of methoxy groups -OCH3 is 1. The fourth-order valence-electron chi connectivity index (χ4n) is 4.75. The Morgan fingerprint density at radius 3 is 2.47 bits per heavy atom. The van der Waals surface area contributed by atoms with E-state index >= 15 is 0 Å². The highest BCUT2D eigenvalue weighted by molar-refractivity contribution is 9.09. The van der Waals surface area contributed by atoms with Gasteiger partial charge in [0.25, 0.3) is 0 Å². The predicted octanol–water partition coefficient (Wildman–Crippen LogP) is 6.22. The average molecular weight is 556 g/mol. The Morgan fingerprint density at radius 2 is 1.97 bits per heavy atom. The third-order valence-electron chi connectivity index (χ3n) is 6.22. The molecule has 0 aliphatic carbocycles. The number of cyclic esters (lactones) is 1. The van der Waals surface area contributed by atoms with Crippen LogP contribution >= 0.6 is 15.9 Å². The van der Waals surface area contributed by atoms with E-state index in [1.807, 2.05) is 26.9 Å². The molecule has 190 valence electrons. The molecular weight excluding hydrogens is 516 g/mol. The second kappa shape index (κ2) is 11.9. The van der Waals surface area contributed by atoms with Crippen LogP contribution in [0.2, 0.25) is 13.1 Å². The Morgan fingerprint density at radius 1 is 1.32 bits per heavy atom. The molecule has 2 unspecified atom stereocenters. The van der Waals surface area contributed by atoms with Crippen molar-refractivity contribution in [1.82, 2.24) is 0 Å². The summed E-state index contributed by atoms with van der Waals surface area (Å²) in [4.78, 5) is 24.5. The number of allylic oxidation sites excluding steroid dienone is 2. The van der Waals surface area contributed by atoms with Gasteiger partial charge in [0.1, 0.15) is 5.75 Å². The van der Waals surface area contributed by atoms with E-state index in [9.17, 15) is 14.7 Å². The Labute approximate surface area is 213 Å². The molecule has 8 heteroatoms. The van der Waals surface area contributed by atoms with Crippen LogP contribution in [-0.4, -0.2) is 38.5 Å². The number of alkyl halides is 1. The second-order valence-electron chi connectivity index (χ2n) is 10.3. The van der Waals surface area contributed by atoms with Crippen molar-refractivity contribution in [2.75, 3.05) is 12.4 Å². The first-order valence-corrected chi connectivity index (χ1v) is 15.8. The van der Waals surface area contributed by atoms with Crippen LogP contribution in [0.3, 0.4) is 0 Å². The van der Waals surface area contributed by atoms with Gasteiger partial charge in [0, 0.05) is 22.0 Å². The summed E-state index contributed by atoms with van der Waals surface area (Å²) in [5.41, 5.74) is 4.77. The van der Waals surface area contributed by atoms with Crippen molar-refractivity contribution in [3.05, 3.63) is 39.5 Å². The molecule has 1 aromatic rings. The number of fused-ring (bicyclic) bond motifs is 1. The normalized spacial score (nSPS) is 17.1. The number of aliphatic carboxylic acids is 1. The quantitative estimate of drug-likeness (QED) is 0.151. The molecule has 0 aromatic heterocycles. The van der Waals surface area contributed by atoms with Crippen LogP contribution in [-0.2, 0) is 25.8 Å². The van der Waals surface area contributed by atoms with E-state index in [0.29, 0.717) is 12.0 Å². The summed E-state index contributed by atoms with van der Waals surface area (Å²) in [7, 11) is 0.184. The lowest BCUT2D eigenvalue weighted by Crippen LogP contribution is -2.21. The van der Waals surface area contributed by atoms with Crippen molar-refractivity contribution < 1.29 is 28.6 Å². The predicted molar refractivity (Wildman–Crippen MR) is 141 cm³/mol. The highest BCUT2D eigenvalue weighted by Gasteiger charge is 2.41. The summed E-state index contributed by atoms with van der Waals surface area (Å²) in [6.45, 7) is 14.3. The van der Waals surface area contributed by atoms with E-state index < -0.39 is 21.3 Å². The maximum atomic E-state index is 13.1. The maximum absolute atomic E-state index is 13.1. The molecule has 0 fully saturated rings. The fraction of sp³-hybridized carbons (Fsp3) is 0.615. The number of hydrogen-bond acceptors (Lipinski definition) is 5.